The monoisotopic (exact) mass is 323 g/mol. The summed E-state index contributed by atoms with van der Waals surface area (Å²) < 4.78 is 5.63. The largest absolute Gasteiger partial charge is 0.484 e. The summed E-state index contributed by atoms with van der Waals surface area (Å²) in [5, 5.41) is 3.02. The first-order chi connectivity index (χ1) is 11.5. The van der Waals surface area contributed by atoms with Gasteiger partial charge >= 0.3 is 0 Å². The van der Waals surface area contributed by atoms with E-state index in [4.69, 9.17) is 4.74 Å². The zero-order valence-corrected chi connectivity index (χ0v) is 14.7. The van der Waals surface area contributed by atoms with Gasteiger partial charge in [-0.2, -0.15) is 0 Å². The molecule has 1 atom stereocenters. The quantitative estimate of drug-likeness (QED) is 0.901. The smallest absolute Gasteiger partial charge is 0.258 e. The summed E-state index contributed by atoms with van der Waals surface area (Å²) in [6, 6.07) is 12.5. The number of hydrogen-bond acceptors (Lipinski definition) is 2. The molecule has 0 fully saturated rings. The number of carbonyl (C=O) groups excluding carboxylic acids is 1. The molecule has 0 heterocycles. The lowest BCUT2D eigenvalue weighted by Crippen LogP contribution is -2.31. The number of ether oxygens (including phenoxy) is 1. The second kappa shape index (κ2) is 7.08. The number of aryl methyl sites for hydroxylation is 4. The molecule has 0 aliphatic heterocycles. The predicted molar refractivity (Wildman–Crippen MR) is 96.4 cm³/mol. The third-order valence-corrected chi connectivity index (χ3v) is 4.57. The molecule has 0 saturated carbocycles. The normalized spacial score (nSPS) is 14.1. The SMILES string of the molecule is Cc1cc(C)cc(OCC(=O)N[C@@H](C)c2ccc3c(c2)CCC3)c1. The molecule has 3 heteroatoms. The third kappa shape index (κ3) is 3.97. The number of amides is 1. The summed E-state index contributed by atoms with van der Waals surface area (Å²) in [7, 11) is 0. The highest BCUT2D eigenvalue weighted by Crippen LogP contribution is 2.25. The summed E-state index contributed by atoms with van der Waals surface area (Å²) >= 11 is 0. The Bertz CT molecular complexity index is 731. The number of fused-ring (bicyclic) bond motifs is 1. The van der Waals surface area contributed by atoms with Crippen molar-refractivity contribution in [3.8, 4) is 5.75 Å². The van der Waals surface area contributed by atoms with Crippen molar-refractivity contribution in [3.05, 3.63) is 64.2 Å². The van der Waals surface area contributed by atoms with E-state index in [1.807, 2.05) is 32.9 Å². The van der Waals surface area contributed by atoms with Crippen molar-refractivity contribution < 1.29 is 9.53 Å². The molecule has 24 heavy (non-hydrogen) atoms. The Morgan fingerprint density at radius 1 is 1.08 bits per heavy atom. The van der Waals surface area contributed by atoms with Crippen LogP contribution in [0.4, 0.5) is 0 Å². The molecule has 0 saturated heterocycles. The maximum absolute atomic E-state index is 12.2. The van der Waals surface area contributed by atoms with Crippen LogP contribution < -0.4 is 10.1 Å². The first-order valence-corrected chi connectivity index (χ1v) is 8.63. The minimum absolute atomic E-state index is 0.00811. The zero-order chi connectivity index (χ0) is 17.1. The number of rotatable bonds is 5. The molecule has 1 aliphatic rings. The third-order valence-electron chi connectivity index (χ3n) is 4.57. The molecule has 3 nitrogen and oxygen atoms in total. The molecular weight excluding hydrogens is 298 g/mol. The Hall–Kier alpha value is -2.29. The number of carbonyl (C=O) groups is 1. The Balaban J connectivity index is 1.56. The van der Waals surface area contributed by atoms with Crippen LogP contribution in [0.1, 0.15) is 47.2 Å². The second-order valence-corrected chi connectivity index (χ2v) is 6.78. The number of nitrogens with one attached hydrogen (secondary N) is 1. The van der Waals surface area contributed by atoms with E-state index in [1.165, 1.54) is 24.0 Å². The van der Waals surface area contributed by atoms with E-state index >= 15 is 0 Å². The van der Waals surface area contributed by atoms with Gasteiger partial charge in [-0.1, -0.05) is 24.3 Å². The van der Waals surface area contributed by atoms with E-state index in [1.54, 1.807) is 0 Å². The van der Waals surface area contributed by atoms with Crippen LogP contribution in [-0.4, -0.2) is 12.5 Å². The molecule has 0 unspecified atom stereocenters. The molecule has 3 rings (SSSR count). The molecule has 0 spiro atoms. The fourth-order valence-corrected chi connectivity index (χ4v) is 3.39. The lowest BCUT2D eigenvalue weighted by atomic mass is 10.0. The molecular formula is C21H25NO2. The van der Waals surface area contributed by atoms with Crippen LogP contribution in [0.2, 0.25) is 0 Å². The summed E-state index contributed by atoms with van der Waals surface area (Å²) in [6.07, 6.45) is 3.57. The van der Waals surface area contributed by atoms with E-state index in [0.717, 1.165) is 28.9 Å². The highest BCUT2D eigenvalue weighted by Gasteiger charge is 2.15. The van der Waals surface area contributed by atoms with Crippen molar-refractivity contribution in [2.24, 2.45) is 0 Å². The van der Waals surface area contributed by atoms with Crippen molar-refractivity contribution in [3.63, 3.8) is 0 Å². The van der Waals surface area contributed by atoms with E-state index in [2.05, 4.69) is 29.6 Å². The minimum Gasteiger partial charge on any atom is -0.484 e. The molecule has 1 amide bonds. The van der Waals surface area contributed by atoms with Gasteiger partial charge in [0.25, 0.3) is 5.91 Å². The van der Waals surface area contributed by atoms with Crippen LogP contribution in [0.25, 0.3) is 0 Å². The van der Waals surface area contributed by atoms with Crippen LogP contribution in [0, 0.1) is 13.8 Å². The van der Waals surface area contributed by atoms with Crippen LogP contribution in [0.15, 0.2) is 36.4 Å². The van der Waals surface area contributed by atoms with Gasteiger partial charge in [0.2, 0.25) is 0 Å². The van der Waals surface area contributed by atoms with Crippen molar-refractivity contribution >= 4 is 5.91 Å². The zero-order valence-electron chi connectivity index (χ0n) is 14.7. The maximum atomic E-state index is 12.2. The average molecular weight is 323 g/mol. The lowest BCUT2D eigenvalue weighted by molar-refractivity contribution is -0.123. The predicted octanol–water partition coefficient (Wildman–Crippen LogP) is 4.05. The van der Waals surface area contributed by atoms with Gasteiger partial charge in [0.15, 0.2) is 6.61 Å². The van der Waals surface area contributed by atoms with Gasteiger partial charge in [-0.05, 0) is 80.0 Å². The summed E-state index contributed by atoms with van der Waals surface area (Å²) in [6.45, 7) is 6.11. The molecule has 2 aromatic rings. The van der Waals surface area contributed by atoms with Crippen LogP contribution in [-0.2, 0) is 17.6 Å². The van der Waals surface area contributed by atoms with Gasteiger partial charge in [-0.25, -0.2) is 0 Å². The van der Waals surface area contributed by atoms with E-state index in [0.29, 0.717) is 0 Å². The first kappa shape index (κ1) is 16.6. The number of benzene rings is 2. The van der Waals surface area contributed by atoms with Gasteiger partial charge in [0.05, 0.1) is 6.04 Å². The van der Waals surface area contributed by atoms with E-state index < -0.39 is 0 Å². The molecule has 0 radical (unpaired) electrons. The summed E-state index contributed by atoms with van der Waals surface area (Å²) in [5.41, 5.74) is 6.32. The Morgan fingerprint density at radius 2 is 1.79 bits per heavy atom. The van der Waals surface area contributed by atoms with Gasteiger partial charge in [0, 0.05) is 0 Å². The lowest BCUT2D eigenvalue weighted by Gasteiger charge is -2.16. The first-order valence-electron chi connectivity index (χ1n) is 8.63. The highest BCUT2D eigenvalue weighted by molar-refractivity contribution is 5.78. The highest BCUT2D eigenvalue weighted by atomic mass is 16.5. The Morgan fingerprint density at radius 3 is 2.54 bits per heavy atom. The van der Waals surface area contributed by atoms with Crippen molar-refractivity contribution in [2.45, 2.75) is 46.1 Å². The maximum Gasteiger partial charge on any atom is 0.258 e. The topological polar surface area (TPSA) is 38.3 Å². The number of hydrogen-bond donors (Lipinski definition) is 1. The average Bonchev–Trinajstić information content (AvgIpc) is 2.99. The molecule has 2 aromatic carbocycles. The summed E-state index contributed by atoms with van der Waals surface area (Å²) in [4.78, 5) is 12.2. The van der Waals surface area contributed by atoms with Crippen molar-refractivity contribution in [1.82, 2.24) is 5.32 Å². The van der Waals surface area contributed by atoms with Gasteiger partial charge in [0.1, 0.15) is 5.75 Å². The van der Waals surface area contributed by atoms with Crippen LogP contribution in [0.3, 0.4) is 0 Å². The molecule has 1 aliphatic carbocycles. The second-order valence-electron chi connectivity index (χ2n) is 6.78. The molecule has 1 N–H and O–H groups in total. The van der Waals surface area contributed by atoms with Gasteiger partial charge in [-0.3, -0.25) is 4.79 Å². The fraction of sp³-hybridized carbons (Fsp3) is 0.381. The van der Waals surface area contributed by atoms with Crippen molar-refractivity contribution in [1.29, 1.82) is 0 Å². The van der Waals surface area contributed by atoms with E-state index in [9.17, 15) is 4.79 Å². The Kier molecular flexibility index (Phi) is 4.89. The Labute approximate surface area is 144 Å². The van der Waals surface area contributed by atoms with Gasteiger partial charge in [-0.15, -0.1) is 0 Å². The molecule has 126 valence electrons. The van der Waals surface area contributed by atoms with Gasteiger partial charge < -0.3 is 10.1 Å². The minimum atomic E-state index is -0.0952. The van der Waals surface area contributed by atoms with Crippen LogP contribution in [0.5, 0.6) is 5.75 Å². The fourth-order valence-electron chi connectivity index (χ4n) is 3.39. The molecule has 0 aromatic heterocycles. The standard InChI is InChI=1S/C21H25NO2/c1-14-9-15(2)11-20(10-14)24-13-21(23)22-16(3)18-8-7-17-5-4-6-19(17)12-18/h7-12,16H,4-6,13H2,1-3H3,(H,22,23)/t16-/m0/s1. The van der Waals surface area contributed by atoms with Crippen molar-refractivity contribution in [2.75, 3.05) is 6.61 Å². The summed E-state index contributed by atoms with van der Waals surface area (Å²) in [5.74, 6) is 0.648. The molecule has 0 bridgehead atoms. The van der Waals surface area contributed by atoms with E-state index in [-0.39, 0.29) is 18.6 Å². The van der Waals surface area contributed by atoms with Crippen LogP contribution >= 0.6 is 0 Å².